The normalized spacial score (nSPS) is 16.6. The van der Waals surface area contributed by atoms with E-state index in [0.717, 1.165) is 28.8 Å². The summed E-state index contributed by atoms with van der Waals surface area (Å²) in [4.78, 5) is 0. The second kappa shape index (κ2) is 5.21. The van der Waals surface area contributed by atoms with Gasteiger partial charge in [-0.15, -0.1) is 0 Å². The Hall–Kier alpha value is -0.840. The summed E-state index contributed by atoms with van der Waals surface area (Å²) in [6, 6.07) is 4.21. The lowest BCUT2D eigenvalue weighted by Gasteiger charge is -2.19. The van der Waals surface area contributed by atoms with Crippen molar-refractivity contribution in [2.75, 3.05) is 6.61 Å². The van der Waals surface area contributed by atoms with Crippen LogP contribution in [-0.2, 0) is 4.74 Å². The Labute approximate surface area is 110 Å². The number of aryl methyl sites for hydroxylation is 2. The number of nitrogens with two attached hydrogens (primary N) is 1. The molecule has 0 saturated heterocycles. The average molecular weight is 297 g/mol. The van der Waals surface area contributed by atoms with Gasteiger partial charge >= 0.3 is 0 Å². The van der Waals surface area contributed by atoms with Gasteiger partial charge in [-0.1, -0.05) is 28.1 Å². The summed E-state index contributed by atoms with van der Waals surface area (Å²) in [5.74, 6) is 6.56. The van der Waals surface area contributed by atoms with Crippen LogP contribution in [0.5, 0.6) is 0 Å². The van der Waals surface area contributed by atoms with Gasteiger partial charge in [-0.05, 0) is 36.6 Å². The van der Waals surface area contributed by atoms with Crippen LogP contribution in [0.1, 0.15) is 29.2 Å². The number of rotatable bonds is 3. The quantitative estimate of drug-likeness (QED) is 0.666. The molecule has 3 N–H and O–H groups in total. The molecule has 0 bridgehead atoms. The van der Waals surface area contributed by atoms with Crippen LogP contribution in [0.2, 0.25) is 0 Å². The van der Waals surface area contributed by atoms with Crippen molar-refractivity contribution in [2.45, 2.75) is 26.3 Å². The molecule has 0 saturated carbocycles. The van der Waals surface area contributed by atoms with Gasteiger partial charge in [-0.25, -0.2) is 5.43 Å². The molecular formula is C13H17BrN2O. The highest BCUT2D eigenvalue weighted by molar-refractivity contribution is 9.10. The summed E-state index contributed by atoms with van der Waals surface area (Å²) in [6.45, 7) is 4.91. The monoisotopic (exact) mass is 296 g/mol. The maximum absolute atomic E-state index is 5.64. The number of halogens is 1. The molecular weight excluding hydrogens is 280 g/mol. The lowest BCUT2D eigenvalue weighted by atomic mass is 10.0. The number of nitrogens with one attached hydrogen (secondary N) is 1. The van der Waals surface area contributed by atoms with E-state index in [9.17, 15) is 0 Å². The lowest BCUT2D eigenvalue weighted by molar-refractivity contribution is 0.215. The summed E-state index contributed by atoms with van der Waals surface area (Å²) in [5, 5.41) is 0. The van der Waals surface area contributed by atoms with Crippen molar-refractivity contribution >= 4 is 15.9 Å². The van der Waals surface area contributed by atoms with Crippen LogP contribution in [0.3, 0.4) is 0 Å². The first-order valence-electron chi connectivity index (χ1n) is 5.69. The van der Waals surface area contributed by atoms with E-state index in [1.54, 1.807) is 0 Å². The van der Waals surface area contributed by atoms with Crippen molar-refractivity contribution in [3.05, 3.63) is 45.1 Å². The number of hydrogen-bond donors (Lipinski definition) is 2. The van der Waals surface area contributed by atoms with E-state index in [2.05, 4.69) is 53.4 Å². The van der Waals surface area contributed by atoms with Gasteiger partial charge in [0.2, 0.25) is 0 Å². The van der Waals surface area contributed by atoms with Crippen molar-refractivity contribution in [3.8, 4) is 0 Å². The minimum atomic E-state index is -0.0528. The van der Waals surface area contributed by atoms with Crippen LogP contribution < -0.4 is 11.3 Å². The zero-order chi connectivity index (χ0) is 12.4. The third-order valence-electron chi connectivity index (χ3n) is 2.98. The van der Waals surface area contributed by atoms with E-state index in [1.807, 2.05) is 0 Å². The largest absolute Gasteiger partial charge is 0.496 e. The van der Waals surface area contributed by atoms with Crippen molar-refractivity contribution in [1.29, 1.82) is 0 Å². The molecule has 3 nitrogen and oxygen atoms in total. The fourth-order valence-corrected chi connectivity index (χ4v) is 2.36. The minimum Gasteiger partial charge on any atom is -0.496 e. The van der Waals surface area contributed by atoms with Gasteiger partial charge in [0, 0.05) is 10.9 Å². The topological polar surface area (TPSA) is 47.3 Å². The predicted octanol–water partition coefficient (Wildman–Crippen LogP) is 2.87. The first-order chi connectivity index (χ1) is 8.13. The van der Waals surface area contributed by atoms with Crippen LogP contribution >= 0.6 is 15.9 Å². The van der Waals surface area contributed by atoms with Crippen molar-refractivity contribution in [3.63, 3.8) is 0 Å². The lowest BCUT2D eigenvalue weighted by Crippen LogP contribution is -2.29. The third kappa shape index (κ3) is 2.54. The average Bonchev–Trinajstić information content (AvgIpc) is 2.80. The first-order valence-corrected chi connectivity index (χ1v) is 6.48. The van der Waals surface area contributed by atoms with E-state index >= 15 is 0 Å². The molecule has 4 heteroatoms. The van der Waals surface area contributed by atoms with Crippen LogP contribution in [0.4, 0.5) is 0 Å². The molecule has 1 atom stereocenters. The van der Waals surface area contributed by atoms with E-state index in [4.69, 9.17) is 10.6 Å². The Bertz CT molecular complexity index is 434. The molecule has 0 fully saturated rings. The zero-order valence-electron chi connectivity index (χ0n) is 10.1. The van der Waals surface area contributed by atoms with E-state index in [-0.39, 0.29) is 6.04 Å². The second-order valence-corrected chi connectivity index (χ2v) is 5.10. The molecule has 1 heterocycles. The van der Waals surface area contributed by atoms with Crippen molar-refractivity contribution < 1.29 is 4.74 Å². The fraction of sp³-hybridized carbons (Fsp3) is 0.385. The van der Waals surface area contributed by atoms with E-state index in [0.29, 0.717) is 0 Å². The summed E-state index contributed by atoms with van der Waals surface area (Å²) in [7, 11) is 0. The van der Waals surface area contributed by atoms with Gasteiger partial charge < -0.3 is 4.74 Å². The highest BCUT2D eigenvalue weighted by Crippen LogP contribution is 2.30. The number of hydrazine groups is 1. The van der Waals surface area contributed by atoms with Gasteiger partial charge in [-0.2, -0.15) is 0 Å². The van der Waals surface area contributed by atoms with Crippen LogP contribution in [0, 0.1) is 13.8 Å². The second-order valence-electron chi connectivity index (χ2n) is 4.31. The molecule has 1 aromatic carbocycles. The van der Waals surface area contributed by atoms with Gasteiger partial charge in [0.25, 0.3) is 0 Å². The standard InChI is InChI=1S/C13H17BrN2O/c1-8-6-10(7-9(2)12(8)14)13(16-15)11-4-3-5-17-11/h4,6-7,13,16H,3,5,15H2,1-2H3. The van der Waals surface area contributed by atoms with Gasteiger partial charge in [0.15, 0.2) is 0 Å². The zero-order valence-corrected chi connectivity index (χ0v) is 11.7. The molecule has 1 aliphatic rings. The van der Waals surface area contributed by atoms with Crippen LogP contribution in [-0.4, -0.2) is 6.61 Å². The Morgan fingerprint density at radius 3 is 2.47 bits per heavy atom. The molecule has 0 aliphatic carbocycles. The predicted molar refractivity (Wildman–Crippen MR) is 72.3 cm³/mol. The molecule has 0 spiro atoms. The summed E-state index contributed by atoms with van der Waals surface area (Å²) >= 11 is 3.57. The van der Waals surface area contributed by atoms with Crippen molar-refractivity contribution in [2.24, 2.45) is 5.84 Å². The molecule has 2 rings (SSSR count). The van der Waals surface area contributed by atoms with E-state index in [1.165, 1.54) is 11.1 Å². The highest BCUT2D eigenvalue weighted by atomic mass is 79.9. The van der Waals surface area contributed by atoms with Crippen molar-refractivity contribution in [1.82, 2.24) is 5.43 Å². The van der Waals surface area contributed by atoms with Crippen LogP contribution in [0.15, 0.2) is 28.4 Å². The summed E-state index contributed by atoms with van der Waals surface area (Å²) in [5.41, 5.74) is 6.38. The molecule has 0 amide bonds. The summed E-state index contributed by atoms with van der Waals surface area (Å²) in [6.07, 6.45) is 3.05. The molecule has 1 aromatic rings. The minimum absolute atomic E-state index is 0.0528. The number of benzene rings is 1. The maximum atomic E-state index is 5.64. The Morgan fingerprint density at radius 2 is 2.00 bits per heavy atom. The smallest absolute Gasteiger partial charge is 0.115 e. The number of hydrogen-bond acceptors (Lipinski definition) is 3. The summed E-state index contributed by atoms with van der Waals surface area (Å²) < 4.78 is 6.73. The molecule has 92 valence electrons. The molecule has 0 aromatic heterocycles. The SMILES string of the molecule is Cc1cc(C(NN)C2=CCCO2)cc(C)c1Br. The Kier molecular flexibility index (Phi) is 3.86. The van der Waals surface area contributed by atoms with Crippen LogP contribution in [0.25, 0.3) is 0 Å². The first kappa shape index (κ1) is 12.6. The highest BCUT2D eigenvalue weighted by Gasteiger charge is 2.20. The molecule has 0 radical (unpaired) electrons. The van der Waals surface area contributed by atoms with E-state index < -0.39 is 0 Å². The third-order valence-corrected chi connectivity index (χ3v) is 4.23. The van der Waals surface area contributed by atoms with Gasteiger partial charge in [0.1, 0.15) is 11.8 Å². The van der Waals surface area contributed by atoms with Gasteiger partial charge in [0.05, 0.1) is 6.61 Å². The molecule has 1 unspecified atom stereocenters. The molecule has 17 heavy (non-hydrogen) atoms. The Morgan fingerprint density at radius 1 is 1.35 bits per heavy atom. The molecule has 1 aliphatic heterocycles. The fourth-order valence-electron chi connectivity index (χ4n) is 2.13. The maximum Gasteiger partial charge on any atom is 0.115 e. The number of ether oxygens (including phenoxy) is 1. The Balaban J connectivity index is 2.37. The van der Waals surface area contributed by atoms with Gasteiger partial charge in [-0.3, -0.25) is 5.84 Å².